The Labute approximate surface area is 230 Å². The van der Waals surface area contributed by atoms with Crippen LogP contribution >= 0.6 is 15.9 Å². The zero-order valence-electron chi connectivity index (χ0n) is 20.6. The highest BCUT2D eigenvalue weighted by molar-refractivity contribution is 9.10. The summed E-state index contributed by atoms with van der Waals surface area (Å²) in [6.45, 7) is 1.70. The van der Waals surface area contributed by atoms with Gasteiger partial charge in [0.2, 0.25) is 5.91 Å². The Kier molecular flexibility index (Phi) is 8.60. The molecule has 0 aromatic heterocycles. The van der Waals surface area contributed by atoms with E-state index in [2.05, 4.69) is 26.6 Å². The van der Waals surface area contributed by atoms with Gasteiger partial charge in [-0.2, -0.15) is 0 Å². The third kappa shape index (κ3) is 6.67. The van der Waals surface area contributed by atoms with E-state index in [0.717, 1.165) is 15.4 Å². The average molecular weight is 593 g/mol. The number of hydrogen-bond donors (Lipinski definition) is 2. The molecule has 0 aliphatic heterocycles. The molecule has 0 saturated heterocycles. The molecule has 194 valence electrons. The van der Waals surface area contributed by atoms with Gasteiger partial charge in [0.25, 0.3) is 15.9 Å². The first-order chi connectivity index (χ1) is 18.2. The number of para-hydroxylation sites is 1. The number of carbonyl (C=O) groups is 2. The highest BCUT2D eigenvalue weighted by Crippen LogP contribution is 2.27. The van der Waals surface area contributed by atoms with Gasteiger partial charge in [0.05, 0.1) is 21.8 Å². The van der Waals surface area contributed by atoms with Crippen molar-refractivity contribution in [3.8, 4) is 0 Å². The van der Waals surface area contributed by atoms with Crippen molar-refractivity contribution in [1.82, 2.24) is 5.32 Å². The van der Waals surface area contributed by atoms with Crippen LogP contribution in [0.25, 0.3) is 0 Å². The van der Waals surface area contributed by atoms with Gasteiger partial charge < -0.3 is 10.6 Å². The number of nitrogens with one attached hydrogen (secondary N) is 2. The van der Waals surface area contributed by atoms with Gasteiger partial charge in [-0.25, -0.2) is 8.42 Å². The number of aryl methyl sites for hydroxylation is 1. The number of rotatable bonds is 9. The summed E-state index contributed by atoms with van der Waals surface area (Å²) in [5.41, 5.74) is 2.73. The topological polar surface area (TPSA) is 95.6 Å². The first-order valence-electron chi connectivity index (χ1n) is 11.8. The monoisotopic (exact) mass is 591 g/mol. The molecule has 4 rings (SSSR count). The van der Waals surface area contributed by atoms with Gasteiger partial charge in [0, 0.05) is 11.0 Å². The van der Waals surface area contributed by atoms with Crippen LogP contribution in [0.15, 0.2) is 112 Å². The number of hydrogen-bond acceptors (Lipinski definition) is 4. The maximum absolute atomic E-state index is 13.6. The van der Waals surface area contributed by atoms with Crippen molar-refractivity contribution in [2.45, 2.75) is 18.4 Å². The molecule has 0 atom stereocenters. The molecule has 0 heterocycles. The van der Waals surface area contributed by atoms with E-state index in [-0.39, 0.29) is 22.1 Å². The molecule has 0 saturated carbocycles. The summed E-state index contributed by atoms with van der Waals surface area (Å²) in [4.78, 5) is 26.2. The Bertz CT molecular complexity index is 1540. The standard InChI is InChI=1S/C29H26BrN3O4S/c1-21-14-16-25(17-15-21)38(36,37)33(24-11-7-10-23(30)18-24)20-28(34)32-27-13-6-5-12-26(27)29(35)31-19-22-8-3-2-4-9-22/h2-18H,19-20H2,1H3,(H,31,35)(H,32,34). The molecule has 7 nitrogen and oxygen atoms in total. The van der Waals surface area contributed by atoms with Gasteiger partial charge in [-0.15, -0.1) is 0 Å². The van der Waals surface area contributed by atoms with Crippen LogP contribution in [-0.4, -0.2) is 26.8 Å². The van der Waals surface area contributed by atoms with Crippen molar-refractivity contribution < 1.29 is 18.0 Å². The molecule has 0 fully saturated rings. The molecule has 0 aliphatic rings. The quantitative estimate of drug-likeness (QED) is 0.268. The first kappa shape index (κ1) is 27.1. The smallest absolute Gasteiger partial charge is 0.264 e. The summed E-state index contributed by atoms with van der Waals surface area (Å²) < 4.78 is 28.9. The maximum Gasteiger partial charge on any atom is 0.264 e. The van der Waals surface area contributed by atoms with Crippen molar-refractivity contribution in [3.63, 3.8) is 0 Å². The fourth-order valence-corrected chi connectivity index (χ4v) is 5.57. The largest absolute Gasteiger partial charge is 0.348 e. The minimum atomic E-state index is -4.07. The molecule has 0 unspecified atom stereocenters. The number of halogens is 1. The van der Waals surface area contributed by atoms with Crippen molar-refractivity contribution in [1.29, 1.82) is 0 Å². The van der Waals surface area contributed by atoms with E-state index in [9.17, 15) is 18.0 Å². The van der Waals surface area contributed by atoms with Crippen LogP contribution in [0, 0.1) is 6.92 Å². The van der Waals surface area contributed by atoms with E-state index < -0.39 is 22.5 Å². The van der Waals surface area contributed by atoms with Crippen LogP contribution in [-0.2, 0) is 21.4 Å². The highest BCUT2D eigenvalue weighted by atomic mass is 79.9. The Balaban J connectivity index is 1.57. The van der Waals surface area contributed by atoms with Crippen molar-refractivity contribution in [3.05, 3.63) is 124 Å². The summed E-state index contributed by atoms with van der Waals surface area (Å²) in [5, 5.41) is 5.57. The van der Waals surface area contributed by atoms with Gasteiger partial charge in [-0.05, 0) is 55.0 Å². The second-order valence-corrected chi connectivity index (χ2v) is 11.3. The Morgan fingerprint density at radius 2 is 1.53 bits per heavy atom. The summed E-state index contributed by atoms with van der Waals surface area (Å²) in [5.74, 6) is -0.954. The molecule has 0 bridgehead atoms. The van der Waals surface area contributed by atoms with Crippen molar-refractivity contribution in [2.24, 2.45) is 0 Å². The fourth-order valence-electron chi connectivity index (χ4n) is 3.77. The van der Waals surface area contributed by atoms with E-state index >= 15 is 0 Å². The maximum atomic E-state index is 13.6. The van der Waals surface area contributed by atoms with Gasteiger partial charge in [-0.1, -0.05) is 82.2 Å². The van der Waals surface area contributed by atoms with E-state index in [1.807, 2.05) is 37.3 Å². The number of anilines is 2. The Hall–Kier alpha value is -3.95. The molecule has 38 heavy (non-hydrogen) atoms. The van der Waals surface area contributed by atoms with Crippen molar-refractivity contribution >= 4 is 49.1 Å². The second kappa shape index (κ2) is 12.1. The summed E-state index contributed by atoms with van der Waals surface area (Å²) in [7, 11) is -4.07. The fraction of sp³-hybridized carbons (Fsp3) is 0.103. The molecule has 0 aliphatic carbocycles. The lowest BCUT2D eigenvalue weighted by Crippen LogP contribution is -2.38. The molecular weight excluding hydrogens is 566 g/mol. The number of sulfonamides is 1. The van der Waals surface area contributed by atoms with Crippen LogP contribution in [0.3, 0.4) is 0 Å². The normalized spacial score (nSPS) is 11.0. The van der Waals surface area contributed by atoms with Crippen LogP contribution in [0.1, 0.15) is 21.5 Å². The molecule has 2 N–H and O–H groups in total. The first-order valence-corrected chi connectivity index (χ1v) is 14.0. The molecule has 4 aromatic carbocycles. The SMILES string of the molecule is Cc1ccc(S(=O)(=O)N(CC(=O)Nc2ccccc2C(=O)NCc2ccccc2)c2cccc(Br)c2)cc1. The predicted octanol–water partition coefficient (Wildman–Crippen LogP) is 5.52. The van der Waals surface area contributed by atoms with Gasteiger partial charge in [0.15, 0.2) is 0 Å². The lowest BCUT2D eigenvalue weighted by atomic mass is 10.1. The summed E-state index contributed by atoms with van der Waals surface area (Å²) in [6, 6.07) is 29.2. The van der Waals surface area contributed by atoms with Crippen LogP contribution < -0.4 is 14.9 Å². The lowest BCUT2D eigenvalue weighted by Gasteiger charge is -2.24. The Morgan fingerprint density at radius 1 is 0.842 bits per heavy atom. The second-order valence-electron chi connectivity index (χ2n) is 8.57. The van der Waals surface area contributed by atoms with Crippen molar-refractivity contribution in [2.75, 3.05) is 16.2 Å². The Morgan fingerprint density at radius 3 is 2.24 bits per heavy atom. The number of nitrogens with zero attached hydrogens (tertiary/aromatic N) is 1. The van der Waals surface area contributed by atoms with E-state index in [0.29, 0.717) is 16.7 Å². The average Bonchev–Trinajstić information content (AvgIpc) is 2.91. The summed E-state index contributed by atoms with van der Waals surface area (Å²) in [6.07, 6.45) is 0. The molecule has 0 spiro atoms. The predicted molar refractivity (Wildman–Crippen MR) is 153 cm³/mol. The zero-order chi connectivity index (χ0) is 27.1. The molecule has 2 amide bonds. The van der Waals surface area contributed by atoms with Crippen LogP contribution in [0.2, 0.25) is 0 Å². The minimum Gasteiger partial charge on any atom is -0.348 e. The molecule has 9 heteroatoms. The minimum absolute atomic E-state index is 0.0663. The van der Waals surface area contributed by atoms with Gasteiger partial charge in [-0.3, -0.25) is 13.9 Å². The highest BCUT2D eigenvalue weighted by Gasteiger charge is 2.28. The molecular formula is C29H26BrN3O4S. The number of benzene rings is 4. The lowest BCUT2D eigenvalue weighted by molar-refractivity contribution is -0.114. The summed E-state index contributed by atoms with van der Waals surface area (Å²) >= 11 is 3.37. The van der Waals surface area contributed by atoms with E-state index in [4.69, 9.17) is 0 Å². The van der Waals surface area contributed by atoms with Gasteiger partial charge in [0.1, 0.15) is 6.54 Å². The van der Waals surface area contributed by atoms with E-state index in [1.54, 1.807) is 60.7 Å². The van der Waals surface area contributed by atoms with Crippen LogP contribution in [0.4, 0.5) is 11.4 Å². The van der Waals surface area contributed by atoms with Crippen LogP contribution in [0.5, 0.6) is 0 Å². The molecule has 4 aromatic rings. The van der Waals surface area contributed by atoms with Gasteiger partial charge >= 0.3 is 0 Å². The van der Waals surface area contributed by atoms with E-state index in [1.165, 1.54) is 12.1 Å². The number of carbonyl (C=O) groups excluding carboxylic acids is 2. The third-order valence-electron chi connectivity index (χ3n) is 5.73. The zero-order valence-corrected chi connectivity index (χ0v) is 23.0. The number of amides is 2. The third-order valence-corrected chi connectivity index (χ3v) is 8.02. The molecule has 0 radical (unpaired) electrons.